The molecule has 6 aliphatic rings. The first-order chi connectivity index (χ1) is 28.6. The van der Waals surface area contributed by atoms with Gasteiger partial charge in [-0.2, -0.15) is 0 Å². The van der Waals surface area contributed by atoms with Gasteiger partial charge in [-0.1, -0.05) is 92.5 Å². The Bertz CT molecular complexity index is 2600. The van der Waals surface area contributed by atoms with Crippen LogP contribution in [0.5, 0.6) is 0 Å². The van der Waals surface area contributed by atoms with Crippen molar-refractivity contribution in [1.29, 1.82) is 0 Å². The molecule has 5 aromatic carbocycles. The Kier molecular flexibility index (Phi) is 8.62. The van der Waals surface area contributed by atoms with Crippen LogP contribution in [0.1, 0.15) is 170 Å². The van der Waals surface area contributed by atoms with E-state index in [4.69, 9.17) is 0 Å². The van der Waals surface area contributed by atoms with Crippen LogP contribution < -0.4 is 26.2 Å². The van der Waals surface area contributed by atoms with E-state index in [0.29, 0.717) is 0 Å². The molecule has 0 spiro atoms. The zero-order valence-corrected chi connectivity index (χ0v) is 38.3. The van der Waals surface area contributed by atoms with Crippen molar-refractivity contribution in [1.82, 2.24) is 0 Å². The summed E-state index contributed by atoms with van der Waals surface area (Å²) in [6.07, 6.45) is 17.5. The Morgan fingerprint density at radius 2 is 0.850 bits per heavy atom. The highest BCUT2D eigenvalue weighted by Crippen LogP contribution is 2.53. The van der Waals surface area contributed by atoms with E-state index in [2.05, 4.69) is 145 Å². The van der Waals surface area contributed by atoms with Gasteiger partial charge in [0.15, 0.2) is 0 Å². The van der Waals surface area contributed by atoms with E-state index in [1.165, 1.54) is 157 Å². The lowest BCUT2D eigenvalue weighted by Gasteiger charge is -2.48. The van der Waals surface area contributed by atoms with Gasteiger partial charge in [0.2, 0.25) is 0 Å². The smallest absolute Gasteiger partial charge is 0.252 e. The summed E-state index contributed by atoms with van der Waals surface area (Å²) in [5.74, 6) is 0. The standard InChI is InChI=1S/C57H67BN2/c1-36-28-51-53-52(29-36)60(42-22-23-43-44(33-42)55(4,5)25-24-54(43,2)3)50-35-46-45(56(6,7)26-27-57(46,8)9)34-48(50)58(53)47-31-39-18-14-11-15-19-40(39)32-49(47)59(51)41-21-20-37-16-12-10-13-17-38(37)30-41/h20-23,28-35H,10-19,24-27H2,1-9H3. The molecule has 3 heteroatoms. The number of aryl methyl sites for hydroxylation is 5. The average Bonchev–Trinajstić information content (AvgIpc) is 3.60. The maximum absolute atomic E-state index is 2.73. The topological polar surface area (TPSA) is 6.48 Å². The fraction of sp³-hybridized carbons (Fsp3) is 0.474. The van der Waals surface area contributed by atoms with Gasteiger partial charge in [0.1, 0.15) is 0 Å². The third-order valence-corrected chi connectivity index (χ3v) is 16.8. The van der Waals surface area contributed by atoms with Crippen LogP contribution >= 0.6 is 0 Å². The largest absolute Gasteiger partial charge is 0.311 e. The summed E-state index contributed by atoms with van der Waals surface area (Å²) in [6, 6.07) is 31.0. The van der Waals surface area contributed by atoms with Crippen LogP contribution in [0.25, 0.3) is 0 Å². The van der Waals surface area contributed by atoms with Crippen molar-refractivity contribution in [3.63, 3.8) is 0 Å². The molecule has 308 valence electrons. The summed E-state index contributed by atoms with van der Waals surface area (Å²) < 4.78 is 0. The number of hydrogen-bond donors (Lipinski definition) is 0. The minimum Gasteiger partial charge on any atom is -0.311 e. The summed E-state index contributed by atoms with van der Waals surface area (Å²) in [6.45, 7) is 22.4. The fourth-order valence-corrected chi connectivity index (χ4v) is 12.9. The first-order valence-electron chi connectivity index (χ1n) is 24.0. The zero-order valence-electron chi connectivity index (χ0n) is 38.3. The molecule has 60 heavy (non-hydrogen) atoms. The first kappa shape index (κ1) is 38.7. The summed E-state index contributed by atoms with van der Waals surface area (Å²) in [5.41, 5.74) is 26.9. The quantitative estimate of drug-likeness (QED) is 0.127. The lowest BCUT2D eigenvalue weighted by atomic mass is 9.33. The van der Waals surface area contributed by atoms with Crippen LogP contribution in [0, 0.1) is 6.92 Å². The van der Waals surface area contributed by atoms with Crippen LogP contribution in [0.4, 0.5) is 34.1 Å². The van der Waals surface area contributed by atoms with Gasteiger partial charge in [-0.25, -0.2) is 0 Å². The van der Waals surface area contributed by atoms with E-state index in [0.717, 1.165) is 0 Å². The molecule has 11 rings (SSSR count). The zero-order chi connectivity index (χ0) is 41.5. The molecule has 0 saturated carbocycles. The fourth-order valence-electron chi connectivity index (χ4n) is 12.9. The molecule has 0 fully saturated rings. The van der Waals surface area contributed by atoms with E-state index < -0.39 is 0 Å². The number of benzene rings is 5. The third-order valence-electron chi connectivity index (χ3n) is 16.8. The van der Waals surface area contributed by atoms with Crippen molar-refractivity contribution in [2.45, 2.75) is 174 Å². The van der Waals surface area contributed by atoms with Gasteiger partial charge >= 0.3 is 0 Å². The van der Waals surface area contributed by atoms with E-state index in [9.17, 15) is 0 Å². The first-order valence-corrected chi connectivity index (χ1v) is 24.0. The van der Waals surface area contributed by atoms with E-state index in [-0.39, 0.29) is 28.4 Å². The Hall–Kier alpha value is -4.24. The van der Waals surface area contributed by atoms with Gasteiger partial charge < -0.3 is 9.80 Å². The molecular weight excluding hydrogens is 723 g/mol. The second-order valence-corrected chi connectivity index (χ2v) is 22.8. The summed E-state index contributed by atoms with van der Waals surface area (Å²) >= 11 is 0. The molecule has 2 heterocycles. The van der Waals surface area contributed by atoms with Crippen molar-refractivity contribution in [2.75, 3.05) is 9.80 Å². The summed E-state index contributed by atoms with van der Waals surface area (Å²) in [4.78, 5) is 5.46. The molecule has 0 saturated heterocycles. The number of rotatable bonds is 2. The lowest BCUT2D eigenvalue weighted by Crippen LogP contribution is -2.62. The van der Waals surface area contributed by atoms with Gasteiger partial charge in [0.05, 0.1) is 0 Å². The molecule has 2 aliphatic heterocycles. The van der Waals surface area contributed by atoms with Crippen LogP contribution in [0.3, 0.4) is 0 Å². The molecule has 2 nitrogen and oxygen atoms in total. The highest BCUT2D eigenvalue weighted by Gasteiger charge is 2.47. The van der Waals surface area contributed by atoms with Crippen molar-refractivity contribution >= 4 is 57.2 Å². The summed E-state index contributed by atoms with van der Waals surface area (Å²) in [5, 5.41) is 0. The molecule has 0 unspecified atom stereocenters. The maximum Gasteiger partial charge on any atom is 0.252 e. The predicted octanol–water partition coefficient (Wildman–Crippen LogP) is 13.3. The molecule has 0 radical (unpaired) electrons. The SMILES string of the molecule is Cc1cc2c3c(c1)N(c1ccc4c(c1)C(C)(C)CCC4(C)C)c1cc4c(cc1B3c1cc3c(cc1N2c1ccc2c(c1)CCCCC2)CCCCC3)C(C)(C)CCC4(C)C. The second kappa shape index (κ2) is 13.4. The van der Waals surface area contributed by atoms with Crippen LogP contribution in [0.15, 0.2) is 72.8 Å². The van der Waals surface area contributed by atoms with Crippen molar-refractivity contribution in [3.05, 3.63) is 123 Å². The molecule has 4 aliphatic carbocycles. The Labute approximate surface area is 362 Å². The third kappa shape index (κ3) is 5.86. The van der Waals surface area contributed by atoms with Gasteiger partial charge in [-0.05, 0) is 221 Å². The minimum atomic E-state index is 0.107. The Morgan fingerprint density at radius 1 is 0.400 bits per heavy atom. The highest BCUT2D eigenvalue weighted by atomic mass is 15.2. The van der Waals surface area contributed by atoms with E-state index in [1.54, 1.807) is 33.4 Å². The molecule has 0 N–H and O–H groups in total. The maximum atomic E-state index is 2.73. The highest BCUT2D eigenvalue weighted by molar-refractivity contribution is 7.00. The van der Waals surface area contributed by atoms with Crippen LogP contribution in [-0.2, 0) is 47.3 Å². The van der Waals surface area contributed by atoms with Crippen molar-refractivity contribution in [2.24, 2.45) is 0 Å². The number of hydrogen-bond acceptors (Lipinski definition) is 2. The second-order valence-electron chi connectivity index (χ2n) is 22.8. The number of nitrogens with zero attached hydrogens (tertiary/aromatic N) is 2. The Balaban J connectivity index is 1.24. The average molecular weight is 791 g/mol. The monoisotopic (exact) mass is 791 g/mol. The molecule has 5 aromatic rings. The normalized spacial score (nSPS) is 21.2. The van der Waals surface area contributed by atoms with Gasteiger partial charge in [-0.15, -0.1) is 0 Å². The van der Waals surface area contributed by atoms with E-state index >= 15 is 0 Å². The molecular formula is C57H67BN2. The minimum absolute atomic E-state index is 0.107. The lowest BCUT2D eigenvalue weighted by molar-refractivity contribution is 0.332. The molecule has 0 aromatic heterocycles. The van der Waals surface area contributed by atoms with Crippen molar-refractivity contribution < 1.29 is 0 Å². The van der Waals surface area contributed by atoms with Gasteiger partial charge in [0, 0.05) is 34.1 Å². The Morgan fingerprint density at radius 3 is 1.47 bits per heavy atom. The molecule has 0 atom stereocenters. The predicted molar refractivity (Wildman–Crippen MR) is 258 cm³/mol. The summed E-state index contributed by atoms with van der Waals surface area (Å²) in [7, 11) is 0. The van der Waals surface area contributed by atoms with Crippen LogP contribution in [-0.4, -0.2) is 6.71 Å². The van der Waals surface area contributed by atoms with Crippen molar-refractivity contribution in [3.8, 4) is 0 Å². The molecule has 0 amide bonds. The molecule has 0 bridgehead atoms. The number of anilines is 6. The van der Waals surface area contributed by atoms with Gasteiger partial charge in [-0.3, -0.25) is 0 Å². The van der Waals surface area contributed by atoms with Crippen LogP contribution in [0.2, 0.25) is 0 Å². The number of fused-ring (bicyclic) bond motifs is 8. The van der Waals surface area contributed by atoms with Gasteiger partial charge in [0.25, 0.3) is 6.71 Å². The van der Waals surface area contributed by atoms with E-state index in [1.807, 2.05) is 0 Å².